The zero-order chi connectivity index (χ0) is 13.7. The van der Waals surface area contributed by atoms with Crippen molar-refractivity contribution < 1.29 is 14.3 Å². The predicted octanol–water partition coefficient (Wildman–Crippen LogP) is 1.74. The summed E-state index contributed by atoms with van der Waals surface area (Å²) in [5.74, 6) is 0.600. The van der Waals surface area contributed by atoms with E-state index in [4.69, 9.17) is 10.5 Å². The SMILES string of the molecule is COC(=O)CC(N)Cc1cc(C)c(OC)cc1C. The topological polar surface area (TPSA) is 61.5 Å². The number of aryl methyl sites for hydroxylation is 2. The number of ether oxygens (including phenoxy) is 2. The van der Waals surface area contributed by atoms with E-state index in [-0.39, 0.29) is 18.4 Å². The van der Waals surface area contributed by atoms with E-state index in [1.165, 1.54) is 7.11 Å². The van der Waals surface area contributed by atoms with E-state index in [2.05, 4.69) is 10.8 Å². The van der Waals surface area contributed by atoms with Gasteiger partial charge in [0.2, 0.25) is 0 Å². The molecule has 1 aromatic rings. The second-order valence-electron chi connectivity index (χ2n) is 4.49. The second-order valence-corrected chi connectivity index (χ2v) is 4.49. The van der Waals surface area contributed by atoms with Gasteiger partial charge in [0.1, 0.15) is 5.75 Å². The Morgan fingerprint density at radius 2 is 1.94 bits per heavy atom. The van der Waals surface area contributed by atoms with E-state index in [1.54, 1.807) is 7.11 Å². The molecule has 4 nitrogen and oxygen atoms in total. The third kappa shape index (κ3) is 3.74. The molecule has 1 unspecified atom stereocenters. The summed E-state index contributed by atoms with van der Waals surface area (Å²) in [7, 11) is 3.03. The van der Waals surface area contributed by atoms with Crippen molar-refractivity contribution in [2.75, 3.05) is 14.2 Å². The third-order valence-corrected chi connectivity index (χ3v) is 2.99. The van der Waals surface area contributed by atoms with Gasteiger partial charge in [0, 0.05) is 6.04 Å². The van der Waals surface area contributed by atoms with Crippen molar-refractivity contribution >= 4 is 5.97 Å². The van der Waals surface area contributed by atoms with E-state index < -0.39 is 0 Å². The summed E-state index contributed by atoms with van der Waals surface area (Å²) in [5, 5.41) is 0. The number of hydrogen-bond acceptors (Lipinski definition) is 4. The Kier molecular flexibility index (Phi) is 5.16. The monoisotopic (exact) mass is 251 g/mol. The Bertz CT molecular complexity index is 429. The smallest absolute Gasteiger partial charge is 0.307 e. The fourth-order valence-electron chi connectivity index (χ4n) is 1.94. The molecule has 1 atom stereocenters. The van der Waals surface area contributed by atoms with Crippen molar-refractivity contribution in [3.05, 3.63) is 28.8 Å². The Morgan fingerprint density at radius 3 is 2.50 bits per heavy atom. The number of rotatable bonds is 5. The number of carbonyl (C=O) groups is 1. The van der Waals surface area contributed by atoms with Gasteiger partial charge in [-0.15, -0.1) is 0 Å². The van der Waals surface area contributed by atoms with Crippen molar-refractivity contribution in [1.29, 1.82) is 0 Å². The lowest BCUT2D eigenvalue weighted by Gasteiger charge is -2.15. The number of nitrogens with two attached hydrogens (primary N) is 1. The van der Waals surface area contributed by atoms with Crippen LogP contribution in [0.2, 0.25) is 0 Å². The molecule has 18 heavy (non-hydrogen) atoms. The molecule has 0 fully saturated rings. The quantitative estimate of drug-likeness (QED) is 0.810. The van der Waals surface area contributed by atoms with Crippen molar-refractivity contribution in [1.82, 2.24) is 0 Å². The highest BCUT2D eigenvalue weighted by atomic mass is 16.5. The summed E-state index contributed by atoms with van der Waals surface area (Å²) in [6.07, 6.45) is 0.896. The highest BCUT2D eigenvalue weighted by Crippen LogP contribution is 2.23. The largest absolute Gasteiger partial charge is 0.496 e. The van der Waals surface area contributed by atoms with E-state index in [9.17, 15) is 4.79 Å². The first-order valence-electron chi connectivity index (χ1n) is 5.94. The number of hydrogen-bond donors (Lipinski definition) is 1. The van der Waals surface area contributed by atoms with Crippen LogP contribution < -0.4 is 10.5 Å². The molecule has 1 aromatic carbocycles. The zero-order valence-corrected chi connectivity index (χ0v) is 11.4. The minimum atomic E-state index is -0.273. The summed E-state index contributed by atoms with van der Waals surface area (Å²) < 4.78 is 9.87. The molecule has 0 aliphatic rings. The number of methoxy groups -OCH3 is 2. The van der Waals surface area contributed by atoms with Crippen LogP contribution in [0.25, 0.3) is 0 Å². The summed E-state index contributed by atoms with van der Waals surface area (Å²) in [6, 6.07) is 3.84. The molecule has 0 aromatic heterocycles. The van der Waals surface area contributed by atoms with Crippen molar-refractivity contribution in [2.45, 2.75) is 32.7 Å². The molecule has 0 aliphatic heterocycles. The molecule has 100 valence electrons. The second kappa shape index (κ2) is 6.40. The fraction of sp³-hybridized carbons (Fsp3) is 0.500. The lowest BCUT2D eigenvalue weighted by Crippen LogP contribution is -2.27. The Morgan fingerprint density at radius 1 is 1.28 bits per heavy atom. The van der Waals surface area contributed by atoms with Gasteiger partial charge in [-0.05, 0) is 43.0 Å². The average Bonchev–Trinajstić information content (AvgIpc) is 2.33. The maximum absolute atomic E-state index is 11.1. The molecule has 0 amide bonds. The normalized spacial score (nSPS) is 12.1. The number of carbonyl (C=O) groups excluding carboxylic acids is 1. The first-order valence-corrected chi connectivity index (χ1v) is 5.94. The van der Waals surface area contributed by atoms with Gasteiger partial charge in [-0.1, -0.05) is 6.07 Å². The summed E-state index contributed by atoms with van der Waals surface area (Å²) >= 11 is 0. The van der Waals surface area contributed by atoms with Crippen LogP contribution in [0.15, 0.2) is 12.1 Å². The van der Waals surface area contributed by atoms with Crippen molar-refractivity contribution in [3.63, 3.8) is 0 Å². The maximum Gasteiger partial charge on any atom is 0.307 e. The predicted molar refractivity (Wildman–Crippen MR) is 70.8 cm³/mol. The third-order valence-electron chi connectivity index (χ3n) is 2.99. The number of esters is 1. The lowest BCUT2D eigenvalue weighted by molar-refractivity contribution is -0.140. The minimum absolute atomic E-state index is 0.219. The van der Waals surface area contributed by atoms with E-state index in [0.29, 0.717) is 6.42 Å². The first-order chi connectivity index (χ1) is 8.47. The van der Waals surface area contributed by atoms with Crippen molar-refractivity contribution in [3.8, 4) is 5.75 Å². The molecular weight excluding hydrogens is 230 g/mol. The Labute approximate surface area is 108 Å². The number of benzene rings is 1. The van der Waals surface area contributed by atoms with Crippen LogP contribution in [0.1, 0.15) is 23.1 Å². The first kappa shape index (κ1) is 14.5. The average molecular weight is 251 g/mol. The van der Waals surface area contributed by atoms with Crippen LogP contribution in [0, 0.1) is 13.8 Å². The van der Waals surface area contributed by atoms with Crippen LogP contribution in [0.5, 0.6) is 5.75 Å². The van der Waals surface area contributed by atoms with Gasteiger partial charge in [0.15, 0.2) is 0 Å². The minimum Gasteiger partial charge on any atom is -0.496 e. The molecule has 0 saturated carbocycles. The molecule has 0 heterocycles. The molecular formula is C14H21NO3. The van der Waals surface area contributed by atoms with Gasteiger partial charge in [-0.2, -0.15) is 0 Å². The fourth-order valence-corrected chi connectivity index (χ4v) is 1.94. The molecule has 2 N–H and O–H groups in total. The molecule has 0 spiro atoms. The molecule has 0 bridgehead atoms. The van der Waals surface area contributed by atoms with Gasteiger partial charge in [-0.25, -0.2) is 0 Å². The van der Waals surface area contributed by atoms with Crippen LogP contribution in [0.4, 0.5) is 0 Å². The lowest BCUT2D eigenvalue weighted by atomic mass is 9.97. The summed E-state index contributed by atoms with van der Waals surface area (Å²) in [4.78, 5) is 11.1. The standard InChI is InChI=1S/C14H21NO3/c1-9-6-13(17-3)10(2)5-11(9)7-12(15)8-14(16)18-4/h5-6,12H,7-8,15H2,1-4H3. The molecule has 4 heteroatoms. The molecule has 0 saturated heterocycles. The van der Waals surface area contributed by atoms with Gasteiger partial charge in [-0.3, -0.25) is 4.79 Å². The summed E-state index contributed by atoms with van der Waals surface area (Å²) in [5.41, 5.74) is 9.28. The van der Waals surface area contributed by atoms with Crippen LogP contribution in [-0.2, 0) is 16.0 Å². The van der Waals surface area contributed by atoms with Crippen LogP contribution in [-0.4, -0.2) is 26.2 Å². The van der Waals surface area contributed by atoms with E-state index >= 15 is 0 Å². The van der Waals surface area contributed by atoms with E-state index in [1.807, 2.05) is 19.9 Å². The Balaban J connectivity index is 2.78. The van der Waals surface area contributed by atoms with Gasteiger partial charge in [0.05, 0.1) is 20.6 Å². The van der Waals surface area contributed by atoms with E-state index in [0.717, 1.165) is 22.4 Å². The highest BCUT2D eigenvalue weighted by molar-refractivity contribution is 5.69. The van der Waals surface area contributed by atoms with Gasteiger partial charge in [0.25, 0.3) is 0 Å². The zero-order valence-electron chi connectivity index (χ0n) is 11.4. The maximum atomic E-state index is 11.1. The van der Waals surface area contributed by atoms with Crippen molar-refractivity contribution in [2.24, 2.45) is 5.73 Å². The molecule has 0 radical (unpaired) electrons. The summed E-state index contributed by atoms with van der Waals surface area (Å²) in [6.45, 7) is 4.01. The molecule has 0 aliphatic carbocycles. The van der Waals surface area contributed by atoms with Gasteiger partial charge >= 0.3 is 5.97 Å². The van der Waals surface area contributed by atoms with Crippen LogP contribution in [0.3, 0.4) is 0 Å². The highest BCUT2D eigenvalue weighted by Gasteiger charge is 2.13. The molecule has 1 rings (SSSR count). The van der Waals surface area contributed by atoms with Crippen LogP contribution >= 0.6 is 0 Å². The Hall–Kier alpha value is -1.55. The van der Waals surface area contributed by atoms with Gasteiger partial charge < -0.3 is 15.2 Å².